The maximum atomic E-state index is 12.8. The molecule has 0 bridgehead atoms. The molecule has 3 aromatic carbocycles. The van der Waals surface area contributed by atoms with Crippen LogP contribution in [-0.4, -0.2) is 30.8 Å². The topological polar surface area (TPSA) is 106 Å². The van der Waals surface area contributed by atoms with Crippen LogP contribution in [0.2, 0.25) is 0 Å². The predicted octanol–water partition coefficient (Wildman–Crippen LogP) is 5.90. The summed E-state index contributed by atoms with van der Waals surface area (Å²) in [4.78, 5) is 16.0. The first-order valence-electron chi connectivity index (χ1n) is 12.5. The number of amides is 1. The van der Waals surface area contributed by atoms with Crippen molar-refractivity contribution in [3.05, 3.63) is 87.5 Å². The normalized spacial score (nSPS) is 12.3. The van der Waals surface area contributed by atoms with Gasteiger partial charge in [-0.1, -0.05) is 40.2 Å². The molecule has 0 fully saturated rings. The van der Waals surface area contributed by atoms with Crippen molar-refractivity contribution in [2.75, 3.05) is 19.9 Å². The number of nitriles is 1. The third kappa shape index (κ3) is 6.02. The van der Waals surface area contributed by atoms with Gasteiger partial charge in [-0.3, -0.25) is 4.79 Å². The summed E-state index contributed by atoms with van der Waals surface area (Å²) in [7, 11) is 0. The van der Waals surface area contributed by atoms with Gasteiger partial charge in [0, 0.05) is 28.1 Å². The largest absolute Gasteiger partial charge is 0.490 e. The Bertz CT molecular complexity index is 1590. The summed E-state index contributed by atoms with van der Waals surface area (Å²) >= 11 is 3.55. The van der Waals surface area contributed by atoms with Gasteiger partial charge in [0.2, 0.25) is 6.79 Å². The lowest BCUT2D eigenvalue weighted by molar-refractivity contribution is -0.117. The number of aromatic amines is 1. The summed E-state index contributed by atoms with van der Waals surface area (Å²) in [6, 6.07) is 19.2. The Morgan fingerprint density at radius 3 is 2.79 bits per heavy atom. The first-order valence-corrected chi connectivity index (χ1v) is 13.3. The molecule has 4 aromatic rings. The molecular formula is C30H26BrN3O5. The lowest BCUT2D eigenvalue weighted by atomic mass is 10.1. The molecule has 5 rings (SSSR count). The monoisotopic (exact) mass is 587 g/mol. The van der Waals surface area contributed by atoms with Gasteiger partial charge in [0.15, 0.2) is 23.0 Å². The number of nitrogens with one attached hydrogen (secondary N) is 2. The highest BCUT2D eigenvalue weighted by molar-refractivity contribution is 9.10. The number of hydrogen-bond donors (Lipinski definition) is 2. The maximum Gasteiger partial charge on any atom is 0.261 e. The van der Waals surface area contributed by atoms with E-state index in [2.05, 4.69) is 26.2 Å². The van der Waals surface area contributed by atoms with Crippen molar-refractivity contribution in [1.29, 1.82) is 5.26 Å². The van der Waals surface area contributed by atoms with E-state index < -0.39 is 5.91 Å². The van der Waals surface area contributed by atoms with E-state index in [1.54, 1.807) is 12.1 Å². The van der Waals surface area contributed by atoms with Crippen molar-refractivity contribution in [2.45, 2.75) is 20.0 Å². The highest BCUT2D eigenvalue weighted by Gasteiger charge is 2.16. The minimum Gasteiger partial charge on any atom is -0.490 e. The van der Waals surface area contributed by atoms with Crippen LogP contribution in [0.25, 0.3) is 17.0 Å². The molecule has 0 unspecified atom stereocenters. The number of aromatic nitrogens is 1. The van der Waals surface area contributed by atoms with Crippen LogP contribution in [0, 0.1) is 11.3 Å². The van der Waals surface area contributed by atoms with Crippen molar-refractivity contribution in [3.8, 4) is 29.1 Å². The van der Waals surface area contributed by atoms with Crippen LogP contribution in [0.15, 0.2) is 70.8 Å². The van der Waals surface area contributed by atoms with Gasteiger partial charge < -0.3 is 29.2 Å². The summed E-state index contributed by atoms with van der Waals surface area (Å²) in [5.41, 5.74) is 3.68. The fraction of sp³-hybridized carbons (Fsp3) is 0.200. The Kier molecular flexibility index (Phi) is 8.04. The molecular weight excluding hydrogens is 562 g/mol. The van der Waals surface area contributed by atoms with Gasteiger partial charge in [0.05, 0.1) is 6.61 Å². The van der Waals surface area contributed by atoms with Crippen LogP contribution in [0.4, 0.5) is 0 Å². The first-order chi connectivity index (χ1) is 19.1. The number of ether oxygens (including phenoxy) is 4. The quantitative estimate of drug-likeness (QED) is 0.177. The van der Waals surface area contributed by atoms with Crippen LogP contribution >= 0.6 is 15.9 Å². The zero-order chi connectivity index (χ0) is 27.2. The van der Waals surface area contributed by atoms with Gasteiger partial charge >= 0.3 is 0 Å². The second-order valence-electron chi connectivity index (χ2n) is 8.76. The lowest BCUT2D eigenvalue weighted by Gasteiger charge is -2.14. The molecule has 2 N–H and O–H groups in total. The average molecular weight is 588 g/mol. The molecule has 1 aliphatic rings. The number of benzene rings is 3. The molecule has 1 aromatic heterocycles. The van der Waals surface area contributed by atoms with E-state index in [1.165, 1.54) is 6.08 Å². The minimum atomic E-state index is -0.440. The van der Waals surface area contributed by atoms with Crippen LogP contribution in [0.5, 0.6) is 23.0 Å². The van der Waals surface area contributed by atoms with Crippen molar-refractivity contribution in [3.63, 3.8) is 0 Å². The highest BCUT2D eigenvalue weighted by Crippen LogP contribution is 2.37. The Morgan fingerprint density at radius 1 is 1.13 bits per heavy atom. The van der Waals surface area contributed by atoms with Gasteiger partial charge in [-0.2, -0.15) is 5.26 Å². The molecule has 0 radical (unpaired) electrons. The van der Waals surface area contributed by atoms with E-state index in [4.69, 9.17) is 18.9 Å². The lowest BCUT2D eigenvalue weighted by Crippen LogP contribution is -2.26. The fourth-order valence-corrected chi connectivity index (χ4v) is 4.72. The third-order valence-corrected chi connectivity index (χ3v) is 6.90. The zero-order valence-electron chi connectivity index (χ0n) is 21.3. The Morgan fingerprint density at radius 2 is 1.95 bits per heavy atom. The number of hydrogen-bond acceptors (Lipinski definition) is 6. The fourth-order valence-electron chi connectivity index (χ4n) is 4.28. The van der Waals surface area contributed by atoms with E-state index in [0.29, 0.717) is 59.2 Å². The Labute approximate surface area is 234 Å². The smallest absolute Gasteiger partial charge is 0.261 e. The summed E-state index contributed by atoms with van der Waals surface area (Å²) in [5, 5.41) is 13.7. The number of halogens is 1. The van der Waals surface area contributed by atoms with Crippen molar-refractivity contribution in [2.24, 2.45) is 0 Å². The minimum absolute atomic E-state index is 0.00824. The number of fused-ring (bicyclic) bond motifs is 2. The zero-order valence-corrected chi connectivity index (χ0v) is 22.8. The summed E-state index contributed by atoms with van der Waals surface area (Å²) in [5.74, 6) is 1.99. The first kappa shape index (κ1) is 26.2. The molecule has 0 atom stereocenters. The van der Waals surface area contributed by atoms with Gasteiger partial charge in [0.25, 0.3) is 5.91 Å². The van der Waals surface area contributed by atoms with E-state index in [1.807, 2.05) is 61.7 Å². The number of para-hydroxylation sites is 1. The molecule has 0 saturated heterocycles. The number of rotatable bonds is 10. The summed E-state index contributed by atoms with van der Waals surface area (Å²) in [6.45, 7) is 3.20. The maximum absolute atomic E-state index is 12.8. The molecule has 0 aliphatic carbocycles. The van der Waals surface area contributed by atoms with Crippen molar-refractivity contribution in [1.82, 2.24) is 10.3 Å². The standard InChI is InChI=1S/C30H26BrN3O5/c1-2-36-28-13-21(24(31)14-29(28)37-17-19-7-8-26-27(11-19)39-18-38-26)12-22(15-32)30(35)33-10-9-20-16-34-25-6-4-3-5-23(20)25/h3-8,11-14,16,34H,2,9-10,17-18H2,1H3,(H,33,35)/b22-12-. The van der Waals surface area contributed by atoms with Crippen LogP contribution in [0.1, 0.15) is 23.6 Å². The van der Waals surface area contributed by atoms with Gasteiger partial charge in [-0.25, -0.2) is 0 Å². The predicted molar refractivity (Wildman–Crippen MR) is 151 cm³/mol. The molecule has 0 spiro atoms. The number of carbonyl (C=O) groups is 1. The number of nitrogens with zero attached hydrogens (tertiary/aromatic N) is 1. The van der Waals surface area contributed by atoms with Gasteiger partial charge in [-0.05, 0) is 66.4 Å². The molecule has 1 amide bonds. The van der Waals surface area contributed by atoms with E-state index >= 15 is 0 Å². The van der Waals surface area contributed by atoms with Crippen LogP contribution in [-0.2, 0) is 17.8 Å². The third-order valence-electron chi connectivity index (χ3n) is 6.21. The molecule has 0 saturated carbocycles. The van der Waals surface area contributed by atoms with E-state index in [9.17, 15) is 10.1 Å². The average Bonchev–Trinajstić information content (AvgIpc) is 3.59. The number of H-pyrrole nitrogens is 1. The molecule has 198 valence electrons. The Hall–Kier alpha value is -4.42. The molecule has 8 nitrogen and oxygen atoms in total. The SMILES string of the molecule is CCOc1cc(/C=C(/C#N)C(=O)NCCc2c[nH]c3ccccc23)c(Br)cc1OCc1ccc2c(c1)OCO2. The second kappa shape index (κ2) is 12.0. The molecule has 39 heavy (non-hydrogen) atoms. The summed E-state index contributed by atoms with van der Waals surface area (Å²) < 4.78 is 23.3. The van der Waals surface area contributed by atoms with Crippen LogP contribution < -0.4 is 24.3 Å². The van der Waals surface area contributed by atoms with E-state index in [-0.39, 0.29) is 12.4 Å². The van der Waals surface area contributed by atoms with Gasteiger partial charge in [-0.15, -0.1) is 0 Å². The highest BCUT2D eigenvalue weighted by atomic mass is 79.9. The van der Waals surface area contributed by atoms with Crippen molar-refractivity contribution >= 4 is 38.8 Å². The van der Waals surface area contributed by atoms with Crippen molar-refractivity contribution < 1.29 is 23.7 Å². The second-order valence-corrected chi connectivity index (χ2v) is 9.62. The van der Waals surface area contributed by atoms with E-state index in [0.717, 1.165) is 22.0 Å². The Balaban J connectivity index is 1.27. The molecule has 1 aliphatic heterocycles. The summed E-state index contributed by atoms with van der Waals surface area (Å²) in [6.07, 6.45) is 4.12. The van der Waals surface area contributed by atoms with Crippen LogP contribution in [0.3, 0.4) is 0 Å². The number of carbonyl (C=O) groups excluding carboxylic acids is 1. The van der Waals surface area contributed by atoms with Gasteiger partial charge in [0.1, 0.15) is 18.2 Å². The molecule has 9 heteroatoms. The molecule has 2 heterocycles.